The first-order valence-electron chi connectivity index (χ1n) is 4.55. The molecule has 1 aromatic carbocycles. The second-order valence-corrected chi connectivity index (χ2v) is 3.42. The predicted octanol–water partition coefficient (Wildman–Crippen LogP) is 4.17. The van der Waals surface area contributed by atoms with Crippen molar-refractivity contribution in [2.75, 3.05) is 0 Å². The number of benzene rings is 1. The van der Waals surface area contributed by atoms with Crippen LogP contribution in [0.1, 0.15) is 21.5 Å². The van der Waals surface area contributed by atoms with Crippen LogP contribution in [0.2, 0.25) is 0 Å². The van der Waals surface area contributed by atoms with Crippen molar-refractivity contribution in [3.63, 3.8) is 0 Å². The molecular formula is C10H4F8O. The molecule has 1 aromatic rings. The summed E-state index contributed by atoms with van der Waals surface area (Å²) < 4.78 is 98.3. The highest BCUT2D eigenvalue weighted by molar-refractivity contribution is 6.00. The molecule has 0 saturated heterocycles. The fraction of sp³-hybridized carbons (Fsp3) is 0.300. The first kappa shape index (κ1) is 15.4. The second-order valence-electron chi connectivity index (χ2n) is 3.42. The number of rotatable bonds is 2. The van der Waals surface area contributed by atoms with Gasteiger partial charge in [-0.2, -0.15) is 26.3 Å². The highest BCUT2D eigenvalue weighted by Crippen LogP contribution is 2.37. The summed E-state index contributed by atoms with van der Waals surface area (Å²) in [6.07, 6.45) is -14.1. The zero-order valence-electron chi connectivity index (χ0n) is 8.74. The summed E-state index contributed by atoms with van der Waals surface area (Å²) >= 11 is 0. The maximum Gasteiger partial charge on any atom is 0.417 e. The van der Waals surface area contributed by atoms with E-state index in [1.54, 1.807) is 0 Å². The van der Waals surface area contributed by atoms with Gasteiger partial charge in [0.05, 0.1) is 11.1 Å². The standard InChI is InChI=1S/C10H4F8O/c11-8(12)7(19)5-3-4(9(13,14)15)1-2-6(5)10(16,17)18/h1-3,8H. The van der Waals surface area contributed by atoms with E-state index in [1.807, 2.05) is 0 Å². The van der Waals surface area contributed by atoms with E-state index < -0.39 is 41.3 Å². The van der Waals surface area contributed by atoms with Crippen molar-refractivity contribution >= 4 is 5.78 Å². The molecule has 0 bridgehead atoms. The lowest BCUT2D eigenvalue weighted by Gasteiger charge is -2.14. The van der Waals surface area contributed by atoms with Gasteiger partial charge >= 0.3 is 18.8 Å². The van der Waals surface area contributed by atoms with Gasteiger partial charge in [-0.3, -0.25) is 4.79 Å². The van der Waals surface area contributed by atoms with E-state index in [1.165, 1.54) is 0 Å². The molecular weight excluding hydrogens is 288 g/mol. The number of Topliss-reactive ketones (excluding diaryl/α,β-unsaturated/α-hetero) is 1. The van der Waals surface area contributed by atoms with Gasteiger partial charge in [-0.1, -0.05) is 0 Å². The van der Waals surface area contributed by atoms with E-state index in [0.717, 1.165) is 0 Å². The fourth-order valence-electron chi connectivity index (χ4n) is 1.29. The Kier molecular flexibility index (Phi) is 3.87. The van der Waals surface area contributed by atoms with Crippen molar-refractivity contribution in [2.24, 2.45) is 0 Å². The maximum absolute atomic E-state index is 12.4. The van der Waals surface area contributed by atoms with E-state index in [4.69, 9.17) is 0 Å². The highest BCUT2D eigenvalue weighted by Gasteiger charge is 2.39. The lowest BCUT2D eigenvalue weighted by molar-refractivity contribution is -0.141. The summed E-state index contributed by atoms with van der Waals surface area (Å²) in [5.41, 5.74) is -5.13. The smallest absolute Gasteiger partial charge is 0.288 e. The van der Waals surface area contributed by atoms with Gasteiger partial charge in [-0.25, -0.2) is 8.78 Å². The highest BCUT2D eigenvalue weighted by atomic mass is 19.4. The zero-order chi connectivity index (χ0) is 15.0. The van der Waals surface area contributed by atoms with E-state index >= 15 is 0 Å². The van der Waals surface area contributed by atoms with Gasteiger partial charge in [0.1, 0.15) is 0 Å². The van der Waals surface area contributed by atoms with Gasteiger partial charge in [0.15, 0.2) is 0 Å². The van der Waals surface area contributed by atoms with Crippen LogP contribution < -0.4 is 0 Å². The Morgan fingerprint density at radius 2 is 1.47 bits per heavy atom. The predicted molar refractivity (Wildman–Crippen MR) is 46.8 cm³/mol. The zero-order valence-corrected chi connectivity index (χ0v) is 8.74. The van der Waals surface area contributed by atoms with E-state index in [2.05, 4.69) is 0 Å². The number of alkyl halides is 8. The number of carbonyl (C=O) groups is 1. The Hall–Kier alpha value is -1.67. The fourth-order valence-corrected chi connectivity index (χ4v) is 1.29. The molecule has 0 fully saturated rings. The molecule has 1 rings (SSSR count). The number of carbonyl (C=O) groups excluding carboxylic acids is 1. The van der Waals surface area contributed by atoms with Gasteiger partial charge in [0, 0.05) is 5.56 Å². The SMILES string of the molecule is O=C(c1cc(C(F)(F)F)ccc1C(F)(F)F)C(F)F. The first-order valence-corrected chi connectivity index (χ1v) is 4.55. The minimum atomic E-state index is -5.20. The molecule has 0 saturated carbocycles. The average Bonchev–Trinajstić information content (AvgIpc) is 2.24. The minimum absolute atomic E-state index is 0.0432. The van der Waals surface area contributed by atoms with Crippen LogP contribution in [0.5, 0.6) is 0 Å². The quantitative estimate of drug-likeness (QED) is 0.590. The first-order chi connectivity index (χ1) is 8.44. The maximum atomic E-state index is 12.4. The molecule has 0 heterocycles. The van der Waals surface area contributed by atoms with Gasteiger partial charge in [-0.05, 0) is 18.2 Å². The van der Waals surface area contributed by atoms with Crippen molar-refractivity contribution < 1.29 is 39.9 Å². The van der Waals surface area contributed by atoms with Crippen molar-refractivity contribution in [3.8, 4) is 0 Å². The number of hydrogen-bond donors (Lipinski definition) is 0. The lowest BCUT2D eigenvalue weighted by Crippen LogP contribution is -2.19. The molecule has 106 valence electrons. The third-order valence-corrected chi connectivity index (χ3v) is 2.12. The molecule has 0 aliphatic carbocycles. The van der Waals surface area contributed by atoms with Crippen molar-refractivity contribution in [1.29, 1.82) is 0 Å². The number of ketones is 1. The van der Waals surface area contributed by atoms with Crippen LogP contribution in [-0.2, 0) is 12.4 Å². The average molecular weight is 292 g/mol. The second kappa shape index (κ2) is 4.78. The summed E-state index contributed by atoms with van der Waals surface area (Å²) in [5, 5.41) is 0. The molecule has 0 atom stereocenters. The van der Waals surface area contributed by atoms with Crippen LogP contribution >= 0.6 is 0 Å². The summed E-state index contributed by atoms with van der Waals surface area (Å²) in [6.45, 7) is 0. The number of hydrogen-bond acceptors (Lipinski definition) is 1. The number of halogens is 8. The van der Waals surface area contributed by atoms with Gasteiger partial charge in [-0.15, -0.1) is 0 Å². The van der Waals surface area contributed by atoms with Crippen LogP contribution in [0, 0.1) is 0 Å². The van der Waals surface area contributed by atoms with Crippen molar-refractivity contribution in [3.05, 3.63) is 34.9 Å². The summed E-state index contributed by atoms with van der Waals surface area (Å²) in [4.78, 5) is 10.9. The largest absolute Gasteiger partial charge is 0.417 e. The molecule has 0 N–H and O–H groups in total. The topological polar surface area (TPSA) is 17.1 Å². The van der Waals surface area contributed by atoms with E-state index in [9.17, 15) is 39.9 Å². The van der Waals surface area contributed by atoms with Crippen LogP contribution in [0.3, 0.4) is 0 Å². The van der Waals surface area contributed by atoms with Crippen LogP contribution in [-0.4, -0.2) is 12.2 Å². The normalized spacial score (nSPS) is 12.9. The molecule has 0 aliphatic rings. The van der Waals surface area contributed by atoms with E-state index in [-0.39, 0.29) is 18.2 Å². The van der Waals surface area contributed by atoms with Gasteiger partial charge in [0.2, 0.25) is 5.78 Å². The van der Waals surface area contributed by atoms with Gasteiger partial charge < -0.3 is 0 Å². The molecule has 1 nitrogen and oxygen atoms in total. The van der Waals surface area contributed by atoms with Crippen LogP contribution in [0.15, 0.2) is 18.2 Å². The Balaban J connectivity index is 3.48. The van der Waals surface area contributed by atoms with Gasteiger partial charge in [0.25, 0.3) is 0 Å². The Labute approximate surface area is 100 Å². The molecule has 0 radical (unpaired) electrons. The van der Waals surface area contributed by atoms with E-state index in [0.29, 0.717) is 0 Å². The molecule has 0 spiro atoms. The molecule has 9 heteroatoms. The summed E-state index contributed by atoms with van der Waals surface area (Å²) in [7, 11) is 0. The lowest BCUT2D eigenvalue weighted by atomic mass is 10.00. The molecule has 19 heavy (non-hydrogen) atoms. The molecule has 0 aliphatic heterocycles. The van der Waals surface area contributed by atoms with Crippen LogP contribution in [0.4, 0.5) is 35.1 Å². The summed E-state index contributed by atoms with van der Waals surface area (Å²) in [6, 6.07) is -0.194. The summed E-state index contributed by atoms with van der Waals surface area (Å²) in [5.74, 6) is -2.31. The third-order valence-electron chi connectivity index (χ3n) is 2.12. The Bertz CT molecular complexity index is 485. The monoisotopic (exact) mass is 292 g/mol. The third kappa shape index (κ3) is 3.42. The van der Waals surface area contributed by atoms with Crippen LogP contribution in [0.25, 0.3) is 0 Å². The Morgan fingerprint density at radius 1 is 0.947 bits per heavy atom. The van der Waals surface area contributed by atoms with Crippen molar-refractivity contribution in [1.82, 2.24) is 0 Å². The molecule has 0 unspecified atom stereocenters. The van der Waals surface area contributed by atoms with Crippen molar-refractivity contribution in [2.45, 2.75) is 18.8 Å². The Morgan fingerprint density at radius 3 is 1.84 bits per heavy atom. The molecule has 0 aromatic heterocycles. The molecule has 0 amide bonds. The minimum Gasteiger partial charge on any atom is -0.288 e.